The van der Waals surface area contributed by atoms with Gasteiger partial charge in [0, 0.05) is 6.54 Å². The molecule has 15 heavy (non-hydrogen) atoms. The van der Waals surface area contributed by atoms with Crippen LogP contribution in [0.2, 0.25) is 0 Å². The van der Waals surface area contributed by atoms with Crippen molar-refractivity contribution in [3.63, 3.8) is 0 Å². The smallest absolute Gasteiger partial charge is 0.275 e. The SMILES string of the molecule is C=C(C)Cn1c(C)nn(C(C)(C)C)c1=O. The Balaban J connectivity index is 3.27. The van der Waals surface area contributed by atoms with E-state index in [9.17, 15) is 4.79 Å². The first-order chi connectivity index (χ1) is 6.73. The first-order valence-electron chi connectivity index (χ1n) is 5.05. The van der Waals surface area contributed by atoms with E-state index in [2.05, 4.69) is 11.7 Å². The molecule has 0 bridgehead atoms. The topological polar surface area (TPSA) is 39.8 Å². The van der Waals surface area contributed by atoms with Gasteiger partial charge in [-0.2, -0.15) is 5.10 Å². The zero-order valence-corrected chi connectivity index (χ0v) is 10.2. The van der Waals surface area contributed by atoms with Crippen LogP contribution < -0.4 is 5.69 Å². The normalized spacial score (nSPS) is 11.8. The second-order valence-electron chi connectivity index (χ2n) is 4.96. The number of hydrogen-bond acceptors (Lipinski definition) is 2. The molecule has 0 aromatic carbocycles. The highest BCUT2D eigenvalue weighted by Gasteiger charge is 2.20. The molecule has 0 atom stereocenters. The summed E-state index contributed by atoms with van der Waals surface area (Å²) in [7, 11) is 0. The highest BCUT2D eigenvalue weighted by Crippen LogP contribution is 2.09. The molecule has 0 aliphatic carbocycles. The van der Waals surface area contributed by atoms with Crippen LogP contribution in [-0.2, 0) is 12.1 Å². The predicted octanol–water partition coefficient (Wildman–Crippen LogP) is 1.68. The molecule has 0 aliphatic rings. The maximum atomic E-state index is 12.0. The monoisotopic (exact) mass is 209 g/mol. The molecule has 0 aliphatic heterocycles. The fourth-order valence-electron chi connectivity index (χ4n) is 1.38. The molecule has 1 aromatic rings. The number of rotatable bonds is 2. The van der Waals surface area contributed by atoms with Gasteiger partial charge in [0.1, 0.15) is 5.82 Å². The predicted molar refractivity (Wildman–Crippen MR) is 61.0 cm³/mol. The van der Waals surface area contributed by atoms with Crippen molar-refractivity contribution in [2.75, 3.05) is 0 Å². The minimum Gasteiger partial charge on any atom is -0.275 e. The summed E-state index contributed by atoms with van der Waals surface area (Å²) >= 11 is 0. The Kier molecular flexibility index (Phi) is 2.88. The molecule has 84 valence electrons. The third-order valence-electron chi connectivity index (χ3n) is 2.11. The number of aromatic nitrogens is 3. The largest absolute Gasteiger partial charge is 0.346 e. The molecule has 0 unspecified atom stereocenters. The maximum Gasteiger partial charge on any atom is 0.346 e. The van der Waals surface area contributed by atoms with E-state index >= 15 is 0 Å². The van der Waals surface area contributed by atoms with Gasteiger partial charge in [0.05, 0.1) is 5.54 Å². The van der Waals surface area contributed by atoms with Gasteiger partial charge < -0.3 is 0 Å². The van der Waals surface area contributed by atoms with Crippen LogP contribution in [-0.4, -0.2) is 14.3 Å². The number of hydrogen-bond donors (Lipinski definition) is 0. The molecule has 0 N–H and O–H groups in total. The zero-order valence-electron chi connectivity index (χ0n) is 10.2. The van der Waals surface area contributed by atoms with Crippen LogP contribution in [0.5, 0.6) is 0 Å². The lowest BCUT2D eigenvalue weighted by atomic mass is 10.1. The second kappa shape index (κ2) is 3.68. The molecule has 0 radical (unpaired) electrons. The number of nitrogens with zero attached hydrogens (tertiary/aromatic N) is 3. The van der Waals surface area contributed by atoms with E-state index in [1.165, 1.54) is 4.68 Å². The van der Waals surface area contributed by atoms with E-state index < -0.39 is 0 Å². The first kappa shape index (κ1) is 11.8. The lowest BCUT2D eigenvalue weighted by Gasteiger charge is -2.16. The minimum absolute atomic E-state index is 0.0667. The van der Waals surface area contributed by atoms with E-state index in [1.807, 2.05) is 34.6 Å². The molecular formula is C11H19N3O. The van der Waals surface area contributed by atoms with Gasteiger partial charge >= 0.3 is 5.69 Å². The van der Waals surface area contributed by atoms with Gasteiger partial charge in [-0.25, -0.2) is 9.48 Å². The molecule has 4 nitrogen and oxygen atoms in total. The van der Waals surface area contributed by atoms with Crippen molar-refractivity contribution in [2.45, 2.75) is 46.7 Å². The maximum absolute atomic E-state index is 12.0. The van der Waals surface area contributed by atoms with Crippen LogP contribution in [0.25, 0.3) is 0 Å². The summed E-state index contributed by atoms with van der Waals surface area (Å²) in [5.41, 5.74) is 0.610. The average molecular weight is 209 g/mol. The summed E-state index contributed by atoms with van der Waals surface area (Å²) in [4.78, 5) is 12.0. The molecule has 4 heteroatoms. The Labute approximate surface area is 90.2 Å². The van der Waals surface area contributed by atoms with Crippen molar-refractivity contribution in [1.82, 2.24) is 14.3 Å². The van der Waals surface area contributed by atoms with Crippen LogP contribution in [0.4, 0.5) is 0 Å². The second-order valence-corrected chi connectivity index (χ2v) is 4.96. The van der Waals surface area contributed by atoms with Crippen LogP contribution in [0.1, 0.15) is 33.5 Å². The molecule has 0 fully saturated rings. The Hall–Kier alpha value is -1.32. The van der Waals surface area contributed by atoms with Gasteiger partial charge in [-0.3, -0.25) is 4.57 Å². The van der Waals surface area contributed by atoms with Gasteiger partial charge in [-0.05, 0) is 34.6 Å². The Morgan fingerprint density at radius 3 is 2.33 bits per heavy atom. The summed E-state index contributed by atoms with van der Waals surface area (Å²) in [5, 5.41) is 4.26. The molecular weight excluding hydrogens is 190 g/mol. The van der Waals surface area contributed by atoms with E-state index in [0.29, 0.717) is 6.54 Å². The summed E-state index contributed by atoms with van der Waals surface area (Å²) in [6.07, 6.45) is 0. The quantitative estimate of drug-likeness (QED) is 0.695. The van der Waals surface area contributed by atoms with E-state index in [0.717, 1.165) is 11.4 Å². The number of allylic oxidation sites excluding steroid dienone is 1. The Morgan fingerprint density at radius 1 is 1.47 bits per heavy atom. The third-order valence-corrected chi connectivity index (χ3v) is 2.11. The Bertz CT molecular complexity index is 432. The highest BCUT2D eigenvalue weighted by molar-refractivity contribution is 4.95. The lowest BCUT2D eigenvalue weighted by Crippen LogP contribution is -2.35. The third kappa shape index (κ3) is 2.37. The molecule has 0 saturated carbocycles. The molecule has 1 aromatic heterocycles. The standard InChI is InChI=1S/C11H19N3O/c1-8(2)7-13-9(3)12-14(10(13)15)11(4,5)6/h1,7H2,2-6H3. The van der Waals surface area contributed by atoms with Crippen molar-refractivity contribution in [2.24, 2.45) is 0 Å². The van der Waals surface area contributed by atoms with Crippen molar-refractivity contribution in [1.29, 1.82) is 0 Å². The summed E-state index contributed by atoms with van der Waals surface area (Å²) in [6, 6.07) is 0. The average Bonchev–Trinajstić information content (AvgIpc) is 2.30. The molecule has 1 heterocycles. The van der Waals surface area contributed by atoms with Crippen molar-refractivity contribution < 1.29 is 0 Å². The van der Waals surface area contributed by atoms with Crippen LogP contribution in [0, 0.1) is 6.92 Å². The van der Waals surface area contributed by atoms with Crippen LogP contribution >= 0.6 is 0 Å². The van der Waals surface area contributed by atoms with Gasteiger partial charge in [0.25, 0.3) is 0 Å². The van der Waals surface area contributed by atoms with Gasteiger partial charge in [0.15, 0.2) is 0 Å². The van der Waals surface area contributed by atoms with Crippen LogP contribution in [0.3, 0.4) is 0 Å². The minimum atomic E-state index is -0.276. The molecule has 0 amide bonds. The van der Waals surface area contributed by atoms with Gasteiger partial charge in [-0.15, -0.1) is 0 Å². The lowest BCUT2D eigenvalue weighted by molar-refractivity contribution is 0.340. The van der Waals surface area contributed by atoms with Crippen molar-refractivity contribution in [3.8, 4) is 0 Å². The molecule has 1 rings (SSSR count). The van der Waals surface area contributed by atoms with Crippen molar-refractivity contribution in [3.05, 3.63) is 28.5 Å². The van der Waals surface area contributed by atoms with Crippen LogP contribution in [0.15, 0.2) is 16.9 Å². The van der Waals surface area contributed by atoms with Gasteiger partial charge in [-0.1, -0.05) is 12.2 Å². The zero-order chi connectivity index (χ0) is 11.8. The molecule has 0 spiro atoms. The summed E-state index contributed by atoms with van der Waals surface area (Å²) in [5.74, 6) is 0.734. The van der Waals surface area contributed by atoms with Crippen molar-refractivity contribution >= 4 is 0 Å². The number of aryl methyl sites for hydroxylation is 1. The summed E-state index contributed by atoms with van der Waals surface area (Å²) in [6.45, 7) is 14.0. The fraction of sp³-hybridized carbons (Fsp3) is 0.636. The molecule has 0 saturated heterocycles. The van der Waals surface area contributed by atoms with E-state index in [4.69, 9.17) is 0 Å². The van der Waals surface area contributed by atoms with E-state index in [-0.39, 0.29) is 11.2 Å². The first-order valence-corrected chi connectivity index (χ1v) is 5.05. The fourth-order valence-corrected chi connectivity index (χ4v) is 1.38. The van der Waals surface area contributed by atoms with Gasteiger partial charge in [0.2, 0.25) is 0 Å². The summed E-state index contributed by atoms with van der Waals surface area (Å²) < 4.78 is 3.17. The van der Waals surface area contributed by atoms with E-state index in [1.54, 1.807) is 4.57 Å². The highest BCUT2D eigenvalue weighted by atomic mass is 16.2. The Morgan fingerprint density at radius 2 is 2.00 bits per heavy atom.